The minimum atomic E-state index is -1.22. The third-order valence-corrected chi connectivity index (χ3v) is 1.22. The van der Waals surface area contributed by atoms with Crippen LogP contribution in [-0.4, -0.2) is 23.5 Å². The average molecular weight is 196 g/mol. The maximum Gasteiger partial charge on any atom is 0.332 e. The molecule has 14 heavy (non-hydrogen) atoms. The lowest BCUT2D eigenvalue weighted by atomic mass is 10.2. The first-order valence-corrected chi connectivity index (χ1v) is 3.94. The summed E-state index contributed by atoms with van der Waals surface area (Å²) in [6.45, 7) is 6.86. The molecule has 0 atom stereocenters. The van der Waals surface area contributed by atoms with Crippen molar-refractivity contribution in [2.75, 3.05) is 6.61 Å². The monoisotopic (exact) mass is 196 g/mol. The Balaban J connectivity index is 4.53. The third-order valence-electron chi connectivity index (χ3n) is 1.22. The molecule has 0 aromatic rings. The molecule has 0 saturated heterocycles. The number of carbonyl (C=O) groups excluding carboxylic acids is 1. The van der Waals surface area contributed by atoms with Crippen LogP contribution in [0.3, 0.4) is 0 Å². The van der Waals surface area contributed by atoms with Gasteiger partial charge >= 0.3 is 5.97 Å². The van der Waals surface area contributed by atoms with Crippen molar-refractivity contribution in [3.8, 4) is 0 Å². The Morgan fingerprint density at radius 3 is 2.36 bits per heavy atom. The number of hydrogen-bond acceptors (Lipinski definition) is 3. The standard InChI is InChI=1S/C10H12O4/c1-3-5-8(11)9(7-10(12)13)14-6-4-2/h3-4,7H,1-2,5-6H2,(H,12,13). The molecule has 0 aliphatic carbocycles. The van der Waals surface area contributed by atoms with Gasteiger partial charge in [0.15, 0.2) is 5.76 Å². The summed E-state index contributed by atoms with van der Waals surface area (Å²) < 4.78 is 4.88. The van der Waals surface area contributed by atoms with E-state index in [-0.39, 0.29) is 18.8 Å². The minimum absolute atomic E-state index is 0.0518. The average Bonchev–Trinajstić information content (AvgIpc) is 2.12. The van der Waals surface area contributed by atoms with Crippen molar-refractivity contribution in [2.24, 2.45) is 0 Å². The van der Waals surface area contributed by atoms with Crippen LogP contribution in [0.15, 0.2) is 37.1 Å². The number of ether oxygens (including phenoxy) is 1. The fraction of sp³-hybridized carbons (Fsp3) is 0.200. The molecule has 0 fully saturated rings. The van der Waals surface area contributed by atoms with Gasteiger partial charge in [0.25, 0.3) is 0 Å². The molecule has 0 radical (unpaired) electrons. The first-order chi connectivity index (χ1) is 6.61. The van der Waals surface area contributed by atoms with Crippen molar-refractivity contribution in [3.63, 3.8) is 0 Å². The Morgan fingerprint density at radius 1 is 1.29 bits per heavy atom. The van der Waals surface area contributed by atoms with E-state index in [1.54, 1.807) is 0 Å². The number of carboxylic acid groups (broad SMARTS) is 1. The van der Waals surface area contributed by atoms with E-state index >= 15 is 0 Å². The lowest BCUT2D eigenvalue weighted by Crippen LogP contribution is -2.08. The first kappa shape index (κ1) is 12.2. The number of carboxylic acids is 1. The lowest BCUT2D eigenvalue weighted by Gasteiger charge is -2.04. The number of hydrogen-bond donors (Lipinski definition) is 1. The Morgan fingerprint density at radius 2 is 1.93 bits per heavy atom. The van der Waals surface area contributed by atoms with Crippen molar-refractivity contribution in [3.05, 3.63) is 37.1 Å². The van der Waals surface area contributed by atoms with Crippen LogP contribution >= 0.6 is 0 Å². The van der Waals surface area contributed by atoms with Crippen LogP contribution in [0.2, 0.25) is 0 Å². The molecule has 0 heterocycles. The number of rotatable bonds is 7. The van der Waals surface area contributed by atoms with Crippen LogP contribution < -0.4 is 0 Å². The zero-order chi connectivity index (χ0) is 11.0. The molecular formula is C10H12O4. The smallest absolute Gasteiger partial charge is 0.332 e. The van der Waals surface area contributed by atoms with Gasteiger partial charge in [-0.3, -0.25) is 4.79 Å². The van der Waals surface area contributed by atoms with Crippen LogP contribution in [0, 0.1) is 0 Å². The molecule has 0 rings (SSSR count). The number of carbonyl (C=O) groups is 2. The van der Waals surface area contributed by atoms with Crippen molar-refractivity contribution in [1.82, 2.24) is 0 Å². The van der Waals surface area contributed by atoms with Gasteiger partial charge in [-0.25, -0.2) is 4.79 Å². The summed E-state index contributed by atoms with van der Waals surface area (Å²) >= 11 is 0. The zero-order valence-corrected chi connectivity index (χ0v) is 7.73. The van der Waals surface area contributed by atoms with Crippen molar-refractivity contribution >= 4 is 11.8 Å². The molecule has 0 saturated carbocycles. The van der Waals surface area contributed by atoms with Crippen molar-refractivity contribution < 1.29 is 19.4 Å². The normalized spacial score (nSPS) is 10.4. The van der Waals surface area contributed by atoms with Gasteiger partial charge in [0, 0.05) is 6.42 Å². The molecule has 0 aromatic carbocycles. The molecule has 0 amide bonds. The van der Waals surface area contributed by atoms with E-state index in [1.807, 2.05) is 0 Å². The topological polar surface area (TPSA) is 63.6 Å². The summed E-state index contributed by atoms with van der Waals surface area (Å²) in [5.74, 6) is -1.82. The van der Waals surface area contributed by atoms with E-state index in [1.165, 1.54) is 12.2 Å². The highest BCUT2D eigenvalue weighted by molar-refractivity contribution is 5.99. The molecule has 0 aliphatic heterocycles. The number of Topliss-reactive ketones (excluding diaryl/α,β-unsaturated/α-hetero) is 1. The van der Waals surface area contributed by atoms with Gasteiger partial charge in [-0.1, -0.05) is 18.7 Å². The highest BCUT2D eigenvalue weighted by Gasteiger charge is 2.10. The van der Waals surface area contributed by atoms with Gasteiger partial charge in [0.1, 0.15) is 6.61 Å². The maximum absolute atomic E-state index is 11.2. The van der Waals surface area contributed by atoms with Crippen LogP contribution in [0.4, 0.5) is 0 Å². The van der Waals surface area contributed by atoms with Crippen molar-refractivity contribution in [2.45, 2.75) is 6.42 Å². The molecule has 76 valence electrons. The minimum Gasteiger partial charge on any atom is -0.486 e. The van der Waals surface area contributed by atoms with Gasteiger partial charge in [-0.15, -0.1) is 6.58 Å². The summed E-state index contributed by atoms with van der Waals surface area (Å²) in [5.41, 5.74) is 0. The first-order valence-electron chi connectivity index (χ1n) is 3.94. The second kappa shape index (κ2) is 6.65. The van der Waals surface area contributed by atoms with Gasteiger partial charge in [0.05, 0.1) is 6.08 Å². The molecule has 0 unspecified atom stereocenters. The van der Waals surface area contributed by atoms with Crippen molar-refractivity contribution in [1.29, 1.82) is 0 Å². The van der Waals surface area contributed by atoms with Gasteiger partial charge < -0.3 is 9.84 Å². The maximum atomic E-state index is 11.2. The second-order valence-electron chi connectivity index (χ2n) is 2.36. The van der Waals surface area contributed by atoms with E-state index in [0.29, 0.717) is 0 Å². The van der Waals surface area contributed by atoms with Crippen LogP contribution in [-0.2, 0) is 14.3 Å². The molecule has 1 N–H and O–H groups in total. The fourth-order valence-corrected chi connectivity index (χ4v) is 0.695. The van der Waals surface area contributed by atoms with E-state index in [2.05, 4.69) is 13.2 Å². The summed E-state index contributed by atoms with van der Waals surface area (Å²) in [6.07, 6.45) is 3.60. The summed E-state index contributed by atoms with van der Waals surface area (Å²) in [4.78, 5) is 21.5. The predicted molar refractivity (Wildman–Crippen MR) is 51.7 cm³/mol. The summed E-state index contributed by atoms with van der Waals surface area (Å²) in [6, 6.07) is 0. The van der Waals surface area contributed by atoms with Gasteiger partial charge in [-0.2, -0.15) is 0 Å². The second-order valence-corrected chi connectivity index (χ2v) is 2.36. The SMILES string of the molecule is C=CCOC(=CC(=O)O)C(=O)CC=C. The van der Waals surface area contributed by atoms with Gasteiger partial charge in [-0.05, 0) is 0 Å². The summed E-state index contributed by atoms with van der Waals surface area (Å²) in [5, 5.41) is 8.44. The molecule has 4 nitrogen and oxygen atoms in total. The lowest BCUT2D eigenvalue weighted by molar-refractivity contribution is -0.132. The molecular weight excluding hydrogens is 184 g/mol. The van der Waals surface area contributed by atoms with E-state index in [9.17, 15) is 9.59 Å². The third kappa shape index (κ3) is 4.92. The largest absolute Gasteiger partial charge is 0.486 e. The van der Waals surface area contributed by atoms with E-state index in [0.717, 1.165) is 6.08 Å². The number of aliphatic carboxylic acids is 1. The van der Waals surface area contributed by atoms with Crippen LogP contribution in [0.5, 0.6) is 0 Å². The van der Waals surface area contributed by atoms with E-state index < -0.39 is 11.8 Å². The zero-order valence-electron chi connectivity index (χ0n) is 7.73. The Hall–Kier alpha value is -1.84. The number of ketones is 1. The molecule has 4 heteroatoms. The Bertz CT molecular complexity index is 276. The van der Waals surface area contributed by atoms with Crippen LogP contribution in [0.25, 0.3) is 0 Å². The predicted octanol–water partition coefficient (Wildman–Crippen LogP) is 1.30. The number of allylic oxidation sites excluding steroid dienone is 2. The fourth-order valence-electron chi connectivity index (χ4n) is 0.695. The molecule has 0 aromatic heterocycles. The van der Waals surface area contributed by atoms with Crippen LogP contribution in [0.1, 0.15) is 6.42 Å². The Labute approximate surface area is 82.2 Å². The molecule has 0 spiro atoms. The quantitative estimate of drug-likeness (QED) is 0.378. The highest BCUT2D eigenvalue weighted by atomic mass is 16.5. The Kier molecular flexibility index (Phi) is 5.78. The summed E-state index contributed by atoms with van der Waals surface area (Å²) in [7, 11) is 0. The highest BCUT2D eigenvalue weighted by Crippen LogP contribution is 2.03. The molecule has 0 bridgehead atoms. The van der Waals surface area contributed by atoms with E-state index in [4.69, 9.17) is 9.84 Å². The molecule has 0 aliphatic rings. The van der Waals surface area contributed by atoms with Gasteiger partial charge in [0.2, 0.25) is 5.78 Å².